The third kappa shape index (κ3) is 3.51. The van der Waals surface area contributed by atoms with E-state index in [-0.39, 0.29) is 0 Å². The lowest BCUT2D eigenvalue weighted by Crippen LogP contribution is -2.00. The van der Waals surface area contributed by atoms with Crippen LogP contribution in [0, 0.1) is 6.92 Å². The number of nitrogens with zero attached hydrogens (tertiary/aromatic N) is 5. The van der Waals surface area contributed by atoms with Crippen molar-refractivity contribution in [2.45, 2.75) is 36.3 Å². The second-order valence-corrected chi connectivity index (χ2v) is 6.97. The summed E-state index contributed by atoms with van der Waals surface area (Å²) in [6.07, 6.45) is 2.69. The predicted octanol–water partition coefficient (Wildman–Crippen LogP) is 4.00. The Labute approximate surface area is 143 Å². The molecule has 0 N–H and O–H groups in total. The van der Waals surface area contributed by atoms with Crippen molar-refractivity contribution in [3.05, 3.63) is 48.3 Å². The molecule has 3 rings (SSSR count). The van der Waals surface area contributed by atoms with Crippen molar-refractivity contribution < 1.29 is 0 Å². The fourth-order valence-electron chi connectivity index (χ4n) is 2.16. The molecule has 118 valence electrons. The van der Waals surface area contributed by atoms with Crippen LogP contribution < -0.4 is 0 Å². The average Bonchev–Trinajstić information content (AvgIpc) is 3.16. The molecule has 0 atom stereocenters. The van der Waals surface area contributed by atoms with E-state index in [1.54, 1.807) is 0 Å². The molecule has 0 saturated heterocycles. The second-order valence-electron chi connectivity index (χ2n) is 5.01. The molecule has 0 aliphatic rings. The number of rotatable bonds is 6. The second kappa shape index (κ2) is 7.06. The summed E-state index contributed by atoms with van der Waals surface area (Å²) in [6.45, 7) is 8.61. The Morgan fingerprint density at radius 2 is 2.22 bits per heavy atom. The molecule has 23 heavy (non-hydrogen) atoms. The normalized spacial score (nSPS) is 10.9. The number of benzene rings is 1. The van der Waals surface area contributed by atoms with Crippen molar-refractivity contribution in [2.75, 3.05) is 0 Å². The highest BCUT2D eigenvalue weighted by Crippen LogP contribution is 2.30. The van der Waals surface area contributed by atoms with Crippen molar-refractivity contribution in [2.24, 2.45) is 0 Å². The Hall–Kier alpha value is -1.99. The van der Waals surface area contributed by atoms with Gasteiger partial charge in [-0.3, -0.25) is 4.57 Å². The van der Waals surface area contributed by atoms with Gasteiger partial charge in [-0.05, 0) is 36.3 Å². The van der Waals surface area contributed by atoms with Crippen molar-refractivity contribution >= 4 is 23.3 Å². The summed E-state index contributed by atoms with van der Waals surface area (Å²) in [5.74, 6) is 1.71. The maximum Gasteiger partial charge on any atom is 0.198 e. The zero-order chi connectivity index (χ0) is 16.2. The minimum Gasteiger partial charge on any atom is -0.298 e. The molecule has 0 aliphatic carbocycles. The lowest BCUT2D eigenvalue weighted by molar-refractivity contribution is 0.731. The van der Waals surface area contributed by atoms with Gasteiger partial charge in [0.2, 0.25) is 0 Å². The smallest absolute Gasteiger partial charge is 0.198 e. The molecule has 1 aromatic carbocycles. The lowest BCUT2D eigenvalue weighted by Gasteiger charge is -2.07. The van der Waals surface area contributed by atoms with Gasteiger partial charge in [0.05, 0.1) is 0 Å². The van der Waals surface area contributed by atoms with Crippen molar-refractivity contribution in [3.8, 4) is 11.4 Å². The molecule has 5 nitrogen and oxygen atoms in total. The van der Waals surface area contributed by atoms with Crippen LogP contribution >= 0.6 is 23.3 Å². The Bertz CT molecular complexity index is 821. The number of aromatic nitrogens is 5. The van der Waals surface area contributed by atoms with Crippen molar-refractivity contribution in [1.82, 2.24) is 24.1 Å². The highest BCUT2D eigenvalue weighted by molar-refractivity contribution is 8.00. The summed E-state index contributed by atoms with van der Waals surface area (Å²) in [5, 5.41) is 9.51. The van der Waals surface area contributed by atoms with Gasteiger partial charge >= 0.3 is 0 Å². The van der Waals surface area contributed by atoms with Crippen molar-refractivity contribution in [1.29, 1.82) is 0 Å². The Balaban J connectivity index is 1.96. The van der Waals surface area contributed by atoms with Crippen LogP contribution in [0.4, 0.5) is 0 Å². The van der Waals surface area contributed by atoms with Gasteiger partial charge in [0, 0.05) is 18.5 Å². The van der Waals surface area contributed by atoms with Gasteiger partial charge in [0.15, 0.2) is 15.3 Å². The van der Waals surface area contributed by atoms with E-state index < -0.39 is 0 Å². The molecule has 2 heterocycles. The van der Waals surface area contributed by atoms with Crippen LogP contribution in [0.1, 0.15) is 18.3 Å². The van der Waals surface area contributed by atoms with Crippen LogP contribution in [0.5, 0.6) is 0 Å². The first kappa shape index (κ1) is 15.9. The quantitative estimate of drug-likeness (QED) is 0.633. The molecule has 0 aliphatic heterocycles. The van der Waals surface area contributed by atoms with Crippen LogP contribution in [0.2, 0.25) is 0 Å². The topological polar surface area (TPSA) is 56.5 Å². The SMILES string of the molecule is C=CCn1c(Sc2nc(CC)ns2)nnc1-c1cccc(C)c1. The monoisotopic (exact) mass is 343 g/mol. The van der Waals surface area contributed by atoms with E-state index in [9.17, 15) is 0 Å². The maximum atomic E-state index is 4.48. The van der Waals surface area contributed by atoms with Crippen molar-refractivity contribution in [3.63, 3.8) is 0 Å². The Morgan fingerprint density at radius 3 is 2.91 bits per heavy atom. The van der Waals surface area contributed by atoms with E-state index in [2.05, 4.69) is 49.8 Å². The fraction of sp³-hybridized carbons (Fsp3) is 0.250. The standard InChI is InChI=1S/C16H17N5S2/c1-4-9-21-14(12-8-6-7-11(3)10-12)18-19-15(21)22-16-17-13(5-2)20-23-16/h4,6-8,10H,1,5,9H2,2-3H3. The molecule has 7 heteroatoms. The molecular formula is C16H17N5S2. The van der Waals surface area contributed by atoms with Gasteiger partial charge in [-0.15, -0.1) is 16.8 Å². The van der Waals surface area contributed by atoms with Crippen LogP contribution in [-0.2, 0) is 13.0 Å². The molecule has 0 fully saturated rings. The number of hydrogen-bond donors (Lipinski definition) is 0. The van der Waals surface area contributed by atoms with E-state index >= 15 is 0 Å². The average molecular weight is 343 g/mol. The zero-order valence-electron chi connectivity index (χ0n) is 13.1. The summed E-state index contributed by atoms with van der Waals surface area (Å²) in [6, 6.07) is 8.26. The Kier molecular flexibility index (Phi) is 4.88. The van der Waals surface area contributed by atoms with E-state index in [4.69, 9.17) is 0 Å². The van der Waals surface area contributed by atoms with E-state index in [1.165, 1.54) is 28.9 Å². The molecule has 0 amide bonds. The molecule has 0 unspecified atom stereocenters. The third-order valence-electron chi connectivity index (χ3n) is 3.25. The van der Waals surface area contributed by atoms with Crippen LogP contribution in [0.15, 0.2) is 46.4 Å². The minimum absolute atomic E-state index is 0.651. The summed E-state index contributed by atoms with van der Waals surface area (Å²) in [4.78, 5) is 4.48. The highest BCUT2D eigenvalue weighted by atomic mass is 32.2. The molecule has 0 radical (unpaired) electrons. The first-order valence-corrected chi connectivity index (χ1v) is 8.91. The third-order valence-corrected chi connectivity index (χ3v) is 5.02. The summed E-state index contributed by atoms with van der Waals surface area (Å²) in [7, 11) is 0. The van der Waals surface area contributed by atoms with Crippen LogP contribution in [0.3, 0.4) is 0 Å². The number of hydrogen-bond acceptors (Lipinski definition) is 6. The van der Waals surface area contributed by atoms with Gasteiger partial charge < -0.3 is 0 Å². The molecule has 0 spiro atoms. The fourth-order valence-corrected chi connectivity index (χ4v) is 3.80. The van der Waals surface area contributed by atoms with E-state index in [0.717, 1.165) is 33.1 Å². The number of allylic oxidation sites excluding steroid dienone is 1. The molecular weight excluding hydrogens is 326 g/mol. The van der Waals surface area contributed by atoms with E-state index in [1.807, 2.05) is 25.1 Å². The van der Waals surface area contributed by atoms with Gasteiger partial charge in [0.25, 0.3) is 0 Å². The van der Waals surface area contributed by atoms with Gasteiger partial charge in [-0.1, -0.05) is 36.8 Å². The summed E-state index contributed by atoms with van der Waals surface area (Å²) >= 11 is 2.89. The molecule has 0 saturated carbocycles. The first-order chi connectivity index (χ1) is 11.2. The van der Waals surface area contributed by atoms with Gasteiger partial charge in [-0.25, -0.2) is 4.98 Å². The minimum atomic E-state index is 0.651. The largest absolute Gasteiger partial charge is 0.298 e. The maximum absolute atomic E-state index is 4.48. The molecule has 0 bridgehead atoms. The zero-order valence-corrected chi connectivity index (χ0v) is 14.7. The summed E-state index contributed by atoms with van der Waals surface area (Å²) < 4.78 is 7.25. The Morgan fingerprint density at radius 1 is 1.35 bits per heavy atom. The first-order valence-electron chi connectivity index (χ1n) is 7.32. The summed E-state index contributed by atoms with van der Waals surface area (Å²) in [5.41, 5.74) is 2.25. The number of aryl methyl sites for hydroxylation is 2. The highest BCUT2D eigenvalue weighted by Gasteiger charge is 2.16. The molecule has 2 aromatic heterocycles. The molecule has 3 aromatic rings. The van der Waals surface area contributed by atoms with E-state index in [0.29, 0.717) is 6.54 Å². The van der Waals surface area contributed by atoms with Gasteiger partial charge in [0.1, 0.15) is 5.82 Å². The van der Waals surface area contributed by atoms with Crippen LogP contribution in [-0.4, -0.2) is 24.1 Å². The predicted molar refractivity (Wildman–Crippen MR) is 93.8 cm³/mol. The lowest BCUT2D eigenvalue weighted by atomic mass is 10.1. The van der Waals surface area contributed by atoms with Crippen LogP contribution in [0.25, 0.3) is 11.4 Å². The van der Waals surface area contributed by atoms with Gasteiger partial charge in [-0.2, -0.15) is 4.37 Å².